The van der Waals surface area contributed by atoms with Gasteiger partial charge in [-0.25, -0.2) is 8.42 Å². The third-order valence-electron chi connectivity index (χ3n) is 5.84. The number of hydrogen-bond acceptors (Lipinski definition) is 8. The number of methoxy groups -OCH3 is 4. The number of rotatable bonds is 14. The van der Waals surface area contributed by atoms with Crippen molar-refractivity contribution in [1.29, 1.82) is 0 Å². The predicted molar refractivity (Wildman–Crippen MR) is 154 cm³/mol. The van der Waals surface area contributed by atoms with Gasteiger partial charge in [-0.05, 0) is 36.8 Å². The van der Waals surface area contributed by atoms with Crippen LogP contribution < -0.4 is 28.6 Å². The number of ether oxygens (including phenoxy) is 4. The summed E-state index contributed by atoms with van der Waals surface area (Å²) in [6.07, 6.45) is 0. The fourth-order valence-electron chi connectivity index (χ4n) is 3.72. The summed E-state index contributed by atoms with van der Waals surface area (Å²) < 4.78 is 50.1. The number of hydrogen-bond donors (Lipinski definition) is 1. The Balaban J connectivity index is 1.82. The molecule has 0 fully saturated rings. The number of aryl methyl sites for hydroxylation is 1. The molecule has 0 saturated heterocycles. The minimum absolute atomic E-state index is 0.0773. The molecule has 0 saturated carbocycles. The summed E-state index contributed by atoms with van der Waals surface area (Å²) in [5.74, 6) is 2.32. The maximum Gasteiger partial charge on any atom is 0.265 e. The molecule has 0 spiro atoms. The molecule has 3 aromatic rings. The quantitative estimate of drug-likeness (QED) is 0.285. The van der Waals surface area contributed by atoms with Gasteiger partial charge < -0.3 is 24.3 Å². The molecule has 1 N–H and O–H groups in total. The Morgan fingerprint density at radius 1 is 0.846 bits per heavy atom. The van der Waals surface area contributed by atoms with E-state index < -0.39 is 22.5 Å². The highest BCUT2D eigenvalue weighted by atomic mass is 32.2. The summed E-state index contributed by atoms with van der Waals surface area (Å²) in [6.45, 7) is 1.96. The van der Waals surface area contributed by atoms with Crippen molar-refractivity contribution in [1.82, 2.24) is 5.32 Å². The van der Waals surface area contributed by atoms with Gasteiger partial charge in [0, 0.05) is 30.2 Å². The Hall–Kier alpha value is -3.57. The topological polar surface area (TPSA) is 103 Å². The first kappa shape index (κ1) is 30.0. The van der Waals surface area contributed by atoms with E-state index in [1.807, 2.05) is 6.92 Å². The van der Waals surface area contributed by atoms with Gasteiger partial charge in [-0.1, -0.05) is 29.8 Å². The fraction of sp³-hybridized carbons (Fsp3) is 0.321. The van der Waals surface area contributed by atoms with Gasteiger partial charge in [-0.15, -0.1) is 0 Å². The summed E-state index contributed by atoms with van der Waals surface area (Å²) in [7, 11) is 1.54. The molecule has 0 aliphatic heterocycles. The highest BCUT2D eigenvalue weighted by molar-refractivity contribution is 7.98. The predicted octanol–water partition coefficient (Wildman–Crippen LogP) is 4.27. The Morgan fingerprint density at radius 2 is 1.51 bits per heavy atom. The van der Waals surface area contributed by atoms with Gasteiger partial charge in [0.15, 0.2) is 11.5 Å². The lowest BCUT2D eigenvalue weighted by Crippen LogP contribution is -2.41. The van der Waals surface area contributed by atoms with Crippen LogP contribution in [-0.4, -0.2) is 61.6 Å². The molecule has 0 aliphatic carbocycles. The number of thioether (sulfide) groups is 1. The lowest BCUT2D eigenvalue weighted by Gasteiger charge is -2.26. The third-order valence-corrected chi connectivity index (χ3v) is 8.63. The van der Waals surface area contributed by atoms with Crippen LogP contribution in [0.4, 0.5) is 5.69 Å². The van der Waals surface area contributed by atoms with E-state index >= 15 is 0 Å². The monoisotopic (exact) mass is 574 g/mol. The lowest BCUT2D eigenvalue weighted by molar-refractivity contribution is -0.119. The largest absolute Gasteiger partial charge is 0.497 e. The van der Waals surface area contributed by atoms with Gasteiger partial charge in [0.2, 0.25) is 5.91 Å². The first-order chi connectivity index (χ1) is 18.7. The Morgan fingerprint density at radius 3 is 2.15 bits per heavy atom. The molecule has 210 valence electrons. The van der Waals surface area contributed by atoms with Crippen LogP contribution in [0, 0.1) is 6.92 Å². The van der Waals surface area contributed by atoms with Gasteiger partial charge in [-0.2, -0.15) is 11.8 Å². The first-order valence-electron chi connectivity index (χ1n) is 12.1. The number of benzene rings is 3. The minimum Gasteiger partial charge on any atom is -0.497 e. The van der Waals surface area contributed by atoms with E-state index in [2.05, 4.69) is 29.6 Å². The number of amides is 1. The number of carbonyl (C=O) groups excluding carboxylic acids is 1. The summed E-state index contributed by atoms with van der Waals surface area (Å²) in [5, 5.41) is 2.83. The molecule has 0 radical (unpaired) electrons. The molecule has 3 rings (SSSR count). The van der Waals surface area contributed by atoms with Crippen molar-refractivity contribution >= 4 is 33.4 Å². The van der Waals surface area contributed by atoms with Crippen molar-refractivity contribution in [2.45, 2.75) is 17.6 Å². The van der Waals surface area contributed by atoms with E-state index in [4.69, 9.17) is 18.9 Å². The molecule has 1 amide bonds. The average Bonchev–Trinajstić information content (AvgIpc) is 2.95. The number of nitrogens with one attached hydrogen (secondary N) is 1. The lowest BCUT2D eigenvalue weighted by atomic mass is 10.2. The van der Waals surface area contributed by atoms with Crippen LogP contribution in [0.25, 0.3) is 0 Å². The van der Waals surface area contributed by atoms with Crippen molar-refractivity contribution in [3.63, 3.8) is 0 Å². The van der Waals surface area contributed by atoms with E-state index in [0.717, 1.165) is 10.1 Å². The van der Waals surface area contributed by atoms with Crippen LogP contribution in [0.15, 0.2) is 65.6 Å². The molecule has 0 atom stereocenters. The second-order valence-corrected chi connectivity index (χ2v) is 11.4. The van der Waals surface area contributed by atoms with Crippen LogP contribution in [0.1, 0.15) is 11.1 Å². The SMILES string of the molecule is COc1ccc(OC)c(N(CC(=O)NCCSCc2ccc(C)cc2)S(=O)(=O)c2ccc(OC)c(OC)c2)c1. The normalized spacial score (nSPS) is 11.0. The highest BCUT2D eigenvalue weighted by Crippen LogP contribution is 2.37. The van der Waals surface area contributed by atoms with Gasteiger partial charge >= 0.3 is 0 Å². The van der Waals surface area contributed by atoms with E-state index in [1.54, 1.807) is 23.9 Å². The zero-order chi connectivity index (χ0) is 28.4. The molecule has 39 heavy (non-hydrogen) atoms. The molecule has 11 heteroatoms. The zero-order valence-electron chi connectivity index (χ0n) is 22.7. The van der Waals surface area contributed by atoms with Crippen LogP contribution in [0.5, 0.6) is 23.0 Å². The van der Waals surface area contributed by atoms with Crippen molar-refractivity contribution in [2.24, 2.45) is 0 Å². The maximum atomic E-state index is 13.9. The van der Waals surface area contributed by atoms with Crippen molar-refractivity contribution in [2.75, 3.05) is 51.6 Å². The number of anilines is 1. The Kier molecular flexibility index (Phi) is 10.8. The Labute approximate surface area is 234 Å². The van der Waals surface area contributed by atoms with Gasteiger partial charge in [0.25, 0.3) is 10.0 Å². The summed E-state index contributed by atoms with van der Waals surface area (Å²) in [6, 6.07) is 17.3. The van der Waals surface area contributed by atoms with E-state index in [-0.39, 0.29) is 22.1 Å². The zero-order valence-corrected chi connectivity index (χ0v) is 24.4. The van der Waals surface area contributed by atoms with Crippen molar-refractivity contribution in [3.05, 3.63) is 71.8 Å². The molecular formula is C28H34N2O7S2. The smallest absolute Gasteiger partial charge is 0.265 e. The van der Waals surface area contributed by atoms with Gasteiger partial charge in [-0.3, -0.25) is 9.10 Å². The minimum atomic E-state index is -4.24. The summed E-state index contributed by atoms with van der Waals surface area (Å²) >= 11 is 1.68. The Bertz CT molecular complexity index is 1360. The van der Waals surface area contributed by atoms with Gasteiger partial charge in [0.05, 0.1) is 39.0 Å². The molecular weight excluding hydrogens is 540 g/mol. The second kappa shape index (κ2) is 14.0. The summed E-state index contributed by atoms with van der Waals surface area (Å²) in [4.78, 5) is 12.9. The molecule has 0 aliphatic rings. The van der Waals surface area contributed by atoms with Crippen LogP contribution >= 0.6 is 11.8 Å². The molecule has 0 heterocycles. The van der Waals surface area contributed by atoms with Gasteiger partial charge in [0.1, 0.15) is 18.0 Å². The van der Waals surface area contributed by atoms with E-state index in [0.29, 0.717) is 23.8 Å². The van der Waals surface area contributed by atoms with E-state index in [1.165, 1.54) is 63.8 Å². The maximum absolute atomic E-state index is 13.9. The molecule has 0 aromatic heterocycles. The van der Waals surface area contributed by atoms with Crippen LogP contribution in [0.2, 0.25) is 0 Å². The molecule has 3 aromatic carbocycles. The fourth-order valence-corrected chi connectivity index (χ4v) is 5.98. The average molecular weight is 575 g/mol. The molecule has 0 unspecified atom stereocenters. The number of carbonyl (C=O) groups is 1. The number of nitrogens with zero attached hydrogens (tertiary/aromatic N) is 1. The van der Waals surface area contributed by atoms with Crippen molar-refractivity contribution < 1.29 is 32.2 Å². The van der Waals surface area contributed by atoms with Crippen molar-refractivity contribution in [3.8, 4) is 23.0 Å². The number of sulfonamides is 1. The van der Waals surface area contributed by atoms with E-state index in [9.17, 15) is 13.2 Å². The van der Waals surface area contributed by atoms with Crippen LogP contribution in [-0.2, 0) is 20.6 Å². The summed E-state index contributed by atoms with van der Waals surface area (Å²) in [5.41, 5.74) is 2.57. The highest BCUT2D eigenvalue weighted by Gasteiger charge is 2.31. The standard InChI is InChI=1S/C28H34N2O7S2/c1-20-6-8-21(9-7-20)19-38-15-14-29-28(31)18-30(24-16-22(34-2)10-12-25(24)35-3)39(32,33)23-11-13-26(36-4)27(17-23)37-5/h6-13,16-17H,14-15,18-19H2,1-5H3,(H,29,31). The third kappa shape index (κ3) is 7.73. The first-order valence-corrected chi connectivity index (χ1v) is 14.7. The second-order valence-electron chi connectivity index (χ2n) is 8.45. The van der Waals surface area contributed by atoms with Crippen LogP contribution in [0.3, 0.4) is 0 Å². The molecule has 0 bridgehead atoms. The molecule has 9 nitrogen and oxygen atoms in total.